The van der Waals surface area contributed by atoms with Crippen molar-refractivity contribution in [1.82, 2.24) is 4.98 Å². The van der Waals surface area contributed by atoms with Crippen LogP contribution in [0.4, 0.5) is 5.13 Å². The molecule has 5 nitrogen and oxygen atoms in total. The maximum atomic E-state index is 12.3. The van der Waals surface area contributed by atoms with Crippen molar-refractivity contribution in [2.75, 3.05) is 12.4 Å². The first-order valence-electron chi connectivity index (χ1n) is 8.21. The van der Waals surface area contributed by atoms with Crippen LogP contribution in [-0.4, -0.2) is 24.0 Å². The normalized spacial score (nSPS) is 10.4. The zero-order valence-electron chi connectivity index (χ0n) is 14.6. The largest absolute Gasteiger partial charge is 0.469 e. The fourth-order valence-electron chi connectivity index (χ4n) is 2.50. The van der Waals surface area contributed by atoms with Gasteiger partial charge >= 0.3 is 5.97 Å². The predicted octanol–water partition coefficient (Wildman–Crippen LogP) is 4.36. The van der Waals surface area contributed by atoms with Crippen molar-refractivity contribution in [3.63, 3.8) is 0 Å². The van der Waals surface area contributed by atoms with Crippen LogP contribution < -0.4 is 5.32 Å². The molecule has 2 aromatic carbocycles. The van der Waals surface area contributed by atoms with Crippen molar-refractivity contribution in [2.24, 2.45) is 0 Å². The third-order valence-electron chi connectivity index (χ3n) is 3.80. The highest BCUT2D eigenvalue weighted by molar-refractivity contribution is 7.16. The first-order chi connectivity index (χ1) is 13.0. The van der Waals surface area contributed by atoms with Gasteiger partial charge in [-0.1, -0.05) is 54.1 Å². The monoisotopic (exact) mass is 400 g/mol. The molecule has 3 rings (SSSR count). The third-order valence-corrected chi connectivity index (χ3v) is 5.02. The summed E-state index contributed by atoms with van der Waals surface area (Å²) in [7, 11) is 1.35. The van der Waals surface area contributed by atoms with E-state index in [-0.39, 0.29) is 24.7 Å². The zero-order chi connectivity index (χ0) is 19.2. The Morgan fingerprint density at radius 2 is 1.78 bits per heavy atom. The first-order valence-corrected chi connectivity index (χ1v) is 9.41. The lowest BCUT2D eigenvalue weighted by atomic mass is 10.1. The first kappa shape index (κ1) is 19.1. The lowest BCUT2D eigenvalue weighted by Crippen LogP contribution is -2.14. The Balaban J connectivity index is 1.79. The van der Waals surface area contributed by atoms with Gasteiger partial charge in [-0.25, -0.2) is 4.98 Å². The van der Waals surface area contributed by atoms with Crippen molar-refractivity contribution < 1.29 is 14.3 Å². The molecule has 1 N–H and O–H groups in total. The molecule has 1 heterocycles. The average molecular weight is 401 g/mol. The zero-order valence-corrected chi connectivity index (χ0v) is 16.1. The number of nitrogens with one attached hydrogen (secondary N) is 1. The van der Waals surface area contributed by atoms with Gasteiger partial charge in [-0.2, -0.15) is 0 Å². The molecule has 0 saturated carbocycles. The van der Waals surface area contributed by atoms with Crippen LogP contribution in [0.2, 0.25) is 5.02 Å². The molecule has 0 aliphatic heterocycles. The van der Waals surface area contributed by atoms with Gasteiger partial charge in [-0.15, -0.1) is 11.3 Å². The Labute approximate surface area is 166 Å². The Bertz CT molecular complexity index is 940. The molecule has 3 aromatic rings. The van der Waals surface area contributed by atoms with E-state index >= 15 is 0 Å². The van der Waals surface area contributed by atoms with Crippen LogP contribution in [0.15, 0.2) is 54.6 Å². The van der Waals surface area contributed by atoms with Crippen molar-refractivity contribution in [2.45, 2.75) is 12.8 Å². The summed E-state index contributed by atoms with van der Waals surface area (Å²) >= 11 is 7.14. The molecular weight excluding hydrogens is 384 g/mol. The summed E-state index contributed by atoms with van der Waals surface area (Å²) in [4.78, 5) is 29.3. The number of amides is 1. The highest BCUT2D eigenvalue weighted by Crippen LogP contribution is 2.31. The van der Waals surface area contributed by atoms with Crippen molar-refractivity contribution in [3.05, 3.63) is 70.1 Å². The van der Waals surface area contributed by atoms with E-state index in [2.05, 4.69) is 10.3 Å². The van der Waals surface area contributed by atoms with Crippen LogP contribution in [-0.2, 0) is 27.2 Å². The molecule has 27 heavy (non-hydrogen) atoms. The van der Waals surface area contributed by atoms with Gasteiger partial charge in [0.2, 0.25) is 5.91 Å². The van der Waals surface area contributed by atoms with Gasteiger partial charge in [0.1, 0.15) is 0 Å². The molecule has 1 amide bonds. The maximum Gasteiger partial charge on any atom is 0.310 e. The number of halogens is 1. The summed E-state index contributed by atoms with van der Waals surface area (Å²) in [6, 6.07) is 16.6. The number of thiazole rings is 1. The van der Waals surface area contributed by atoms with Crippen molar-refractivity contribution in [1.29, 1.82) is 0 Å². The number of hydrogen-bond acceptors (Lipinski definition) is 5. The van der Waals surface area contributed by atoms with Gasteiger partial charge in [0.25, 0.3) is 0 Å². The van der Waals surface area contributed by atoms with E-state index < -0.39 is 0 Å². The average Bonchev–Trinajstić information content (AvgIpc) is 3.06. The second kappa shape index (κ2) is 8.79. The highest BCUT2D eigenvalue weighted by atomic mass is 35.5. The number of methoxy groups -OCH3 is 1. The van der Waals surface area contributed by atoms with E-state index in [1.165, 1.54) is 18.4 Å². The molecule has 138 valence electrons. The number of nitrogens with zero attached hydrogens (tertiary/aromatic N) is 1. The summed E-state index contributed by atoms with van der Waals surface area (Å²) in [5.41, 5.74) is 2.41. The summed E-state index contributed by atoms with van der Waals surface area (Å²) in [6.45, 7) is 0. The van der Waals surface area contributed by atoms with Crippen LogP contribution in [0, 0.1) is 0 Å². The molecule has 0 fully saturated rings. The molecule has 0 aliphatic carbocycles. The van der Waals surface area contributed by atoms with E-state index in [4.69, 9.17) is 16.3 Å². The quantitative estimate of drug-likeness (QED) is 0.624. The summed E-state index contributed by atoms with van der Waals surface area (Å²) < 4.78 is 4.77. The lowest BCUT2D eigenvalue weighted by molar-refractivity contribution is -0.139. The number of rotatable bonds is 6. The standard InChI is InChI=1S/C20H17ClN2O3S/c1-26-18(25)12-16-19(14-5-3-2-4-6-14)23-20(27-16)22-17(24)11-13-7-9-15(21)10-8-13/h2-10H,11-12H2,1H3,(H,22,23,24). The van der Waals surface area contributed by atoms with Gasteiger partial charge in [0.15, 0.2) is 5.13 Å². The number of esters is 1. The van der Waals surface area contributed by atoms with Gasteiger partial charge in [0.05, 0.1) is 25.6 Å². The number of ether oxygens (including phenoxy) is 1. The minimum Gasteiger partial charge on any atom is -0.469 e. The Morgan fingerprint density at radius 3 is 2.44 bits per heavy atom. The number of anilines is 1. The molecule has 0 aliphatic rings. The SMILES string of the molecule is COC(=O)Cc1sc(NC(=O)Cc2ccc(Cl)cc2)nc1-c1ccccc1. The molecule has 0 bridgehead atoms. The number of carbonyl (C=O) groups is 2. The molecule has 0 saturated heterocycles. The number of aromatic nitrogens is 1. The van der Waals surface area contributed by atoms with Crippen LogP contribution in [0.5, 0.6) is 0 Å². The molecular formula is C20H17ClN2O3S. The molecule has 0 radical (unpaired) electrons. The second-order valence-corrected chi connectivity index (χ2v) is 7.28. The van der Waals surface area contributed by atoms with Gasteiger partial charge in [0, 0.05) is 15.5 Å². The van der Waals surface area contributed by atoms with Crippen LogP contribution in [0.25, 0.3) is 11.3 Å². The van der Waals surface area contributed by atoms with Crippen LogP contribution in [0.1, 0.15) is 10.4 Å². The van der Waals surface area contributed by atoms with E-state index in [0.29, 0.717) is 15.8 Å². The van der Waals surface area contributed by atoms with E-state index in [1.54, 1.807) is 12.1 Å². The Kier molecular flexibility index (Phi) is 6.21. The molecule has 0 spiro atoms. The summed E-state index contributed by atoms with van der Waals surface area (Å²) in [5, 5.41) is 3.88. The minimum absolute atomic E-state index is 0.103. The fourth-order valence-corrected chi connectivity index (χ4v) is 3.61. The minimum atomic E-state index is -0.352. The van der Waals surface area contributed by atoms with Crippen LogP contribution >= 0.6 is 22.9 Å². The fraction of sp³-hybridized carbons (Fsp3) is 0.150. The van der Waals surface area contributed by atoms with Gasteiger partial charge < -0.3 is 10.1 Å². The Morgan fingerprint density at radius 1 is 1.07 bits per heavy atom. The topological polar surface area (TPSA) is 68.3 Å². The second-order valence-electron chi connectivity index (χ2n) is 5.76. The predicted molar refractivity (Wildman–Crippen MR) is 107 cm³/mol. The van der Waals surface area contributed by atoms with E-state index in [0.717, 1.165) is 16.0 Å². The molecule has 7 heteroatoms. The molecule has 0 atom stereocenters. The van der Waals surface area contributed by atoms with Crippen molar-refractivity contribution in [3.8, 4) is 11.3 Å². The lowest BCUT2D eigenvalue weighted by Gasteiger charge is -2.02. The summed E-state index contributed by atoms with van der Waals surface area (Å²) in [5.74, 6) is -0.537. The molecule has 1 aromatic heterocycles. The van der Waals surface area contributed by atoms with Gasteiger partial charge in [-0.3, -0.25) is 9.59 Å². The van der Waals surface area contributed by atoms with Gasteiger partial charge in [-0.05, 0) is 17.7 Å². The number of carbonyl (C=O) groups excluding carboxylic acids is 2. The molecule has 0 unspecified atom stereocenters. The Hall–Kier alpha value is -2.70. The maximum absolute atomic E-state index is 12.3. The highest BCUT2D eigenvalue weighted by Gasteiger charge is 2.17. The summed E-state index contributed by atoms with van der Waals surface area (Å²) in [6.07, 6.45) is 0.315. The third kappa shape index (κ3) is 5.15. The van der Waals surface area contributed by atoms with Crippen LogP contribution in [0.3, 0.4) is 0 Å². The number of hydrogen-bond donors (Lipinski definition) is 1. The number of benzene rings is 2. The van der Waals surface area contributed by atoms with E-state index in [9.17, 15) is 9.59 Å². The smallest absolute Gasteiger partial charge is 0.310 e. The van der Waals surface area contributed by atoms with E-state index in [1.807, 2.05) is 42.5 Å². The van der Waals surface area contributed by atoms with Crippen molar-refractivity contribution >= 4 is 39.9 Å².